The van der Waals surface area contributed by atoms with Gasteiger partial charge in [0.2, 0.25) is 0 Å². The topological polar surface area (TPSA) is 49.3 Å². The van der Waals surface area contributed by atoms with Gasteiger partial charge in [-0.05, 0) is 54.8 Å². The Kier molecular flexibility index (Phi) is 8.33. The summed E-state index contributed by atoms with van der Waals surface area (Å²) in [7, 11) is 0. The molecule has 162 valence electrons. The lowest BCUT2D eigenvalue weighted by atomic mass is 9.86. The highest BCUT2D eigenvalue weighted by Crippen LogP contribution is 2.29. The Morgan fingerprint density at radius 1 is 1.10 bits per heavy atom. The number of nitrogens with one attached hydrogen (secondary N) is 1. The SMILES string of the molecule is CCCC(CCCNC1(C(=O)O)C=CC=CC1)C(=S)c1ccccc1-c1ccccc1. The van der Waals surface area contributed by atoms with Crippen LogP contribution in [0.4, 0.5) is 0 Å². The highest BCUT2D eigenvalue weighted by Gasteiger charge is 2.34. The van der Waals surface area contributed by atoms with Crippen molar-refractivity contribution in [1.82, 2.24) is 5.32 Å². The Hall–Kier alpha value is -2.56. The van der Waals surface area contributed by atoms with Crippen molar-refractivity contribution < 1.29 is 9.90 Å². The predicted molar refractivity (Wildman–Crippen MR) is 132 cm³/mol. The smallest absolute Gasteiger partial charge is 0.328 e. The summed E-state index contributed by atoms with van der Waals surface area (Å²) in [5.74, 6) is -0.528. The van der Waals surface area contributed by atoms with Gasteiger partial charge >= 0.3 is 5.97 Å². The van der Waals surface area contributed by atoms with Crippen LogP contribution in [0, 0.1) is 5.92 Å². The van der Waals surface area contributed by atoms with Crippen LogP contribution in [0.15, 0.2) is 78.9 Å². The Morgan fingerprint density at radius 3 is 2.52 bits per heavy atom. The van der Waals surface area contributed by atoms with Crippen molar-refractivity contribution in [2.24, 2.45) is 5.92 Å². The first kappa shape index (κ1) is 23.1. The molecule has 0 amide bonds. The summed E-state index contributed by atoms with van der Waals surface area (Å²) < 4.78 is 0. The van der Waals surface area contributed by atoms with Crippen LogP contribution in [-0.4, -0.2) is 28.0 Å². The maximum absolute atomic E-state index is 11.8. The molecule has 2 N–H and O–H groups in total. The van der Waals surface area contributed by atoms with Gasteiger partial charge in [0.05, 0.1) is 0 Å². The van der Waals surface area contributed by atoms with Crippen LogP contribution in [0.25, 0.3) is 11.1 Å². The molecule has 0 bridgehead atoms. The summed E-state index contributed by atoms with van der Waals surface area (Å²) >= 11 is 6.00. The summed E-state index contributed by atoms with van der Waals surface area (Å²) in [6.07, 6.45) is 11.7. The van der Waals surface area contributed by atoms with Crippen molar-refractivity contribution in [3.63, 3.8) is 0 Å². The number of hydrogen-bond donors (Lipinski definition) is 2. The molecule has 2 aromatic carbocycles. The second kappa shape index (κ2) is 11.2. The fourth-order valence-electron chi connectivity index (χ4n) is 4.19. The standard InChI is InChI=1S/C27H31NO2S/c1-2-12-22(15-11-20-28-27(26(29)30)18-9-4-10-19-27)25(31)24-17-8-7-16-23(24)21-13-5-3-6-14-21/h3-10,13-14,16-18,22,28H,2,11-12,15,19-20H2,1H3,(H,29,30). The molecular formula is C27H31NO2S. The monoisotopic (exact) mass is 433 g/mol. The lowest BCUT2D eigenvalue weighted by molar-refractivity contribution is -0.142. The van der Waals surface area contributed by atoms with Crippen LogP contribution in [0.3, 0.4) is 0 Å². The van der Waals surface area contributed by atoms with Gasteiger partial charge in [0.25, 0.3) is 0 Å². The summed E-state index contributed by atoms with van der Waals surface area (Å²) in [5.41, 5.74) is 2.50. The molecule has 2 atom stereocenters. The van der Waals surface area contributed by atoms with E-state index >= 15 is 0 Å². The lowest BCUT2D eigenvalue weighted by Crippen LogP contribution is -2.51. The normalized spacial score (nSPS) is 18.6. The van der Waals surface area contributed by atoms with E-state index in [1.165, 1.54) is 11.1 Å². The molecule has 2 unspecified atom stereocenters. The second-order valence-electron chi connectivity index (χ2n) is 8.10. The lowest BCUT2D eigenvalue weighted by Gasteiger charge is -2.28. The zero-order valence-electron chi connectivity index (χ0n) is 18.1. The second-order valence-corrected chi connectivity index (χ2v) is 8.54. The van der Waals surface area contributed by atoms with Gasteiger partial charge in [-0.25, -0.2) is 4.79 Å². The molecule has 0 saturated heterocycles. The van der Waals surface area contributed by atoms with Crippen LogP contribution in [0.1, 0.15) is 44.6 Å². The van der Waals surface area contributed by atoms with Crippen molar-refractivity contribution in [2.75, 3.05) is 6.54 Å². The van der Waals surface area contributed by atoms with E-state index in [9.17, 15) is 9.90 Å². The first-order chi connectivity index (χ1) is 15.1. The minimum absolute atomic E-state index is 0.300. The molecule has 1 aliphatic carbocycles. The summed E-state index contributed by atoms with van der Waals surface area (Å²) in [5, 5.41) is 13.0. The first-order valence-electron chi connectivity index (χ1n) is 11.1. The fraction of sp³-hybridized carbons (Fsp3) is 0.333. The molecule has 0 heterocycles. The molecule has 4 heteroatoms. The van der Waals surface area contributed by atoms with Crippen LogP contribution < -0.4 is 5.32 Å². The van der Waals surface area contributed by atoms with Crippen LogP contribution in [-0.2, 0) is 4.79 Å². The van der Waals surface area contributed by atoms with E-state index in [0.29, 0.717) is 18.9 Å². The van der Waals surface area contributed by atoms with Gasteiger partial charge in [-0.2, -0.15) is 0 Å². The maximum atomic E-state index is 11.8. The number of carbonyl (C=O) groups is 1. The number of aliphatic carboxylic acids is 1. The van der Waals surface area contributed by atoms with Crippen LogP contribution in [0.5, 0.6) is 0 Å². The Morgan fingerprint density at radius 2 is 1.84 bits per heavy atom. The number of hydrogen-bond acceptors (Lipinski definition) is 3. The summed E-state index contributed by atoms with van der Waals surface area (Å²) in [6.45, 7) is 2.84. The molecule has 2 aromatic rings. The minimum atomic E-state index is -0.991. The van der Waals surface area contributed by atoms with E-state index in [1.807, 2.05) is 18.2 Å². The van der Waals surface area contributed by atoms with E-state index < -0.39 is 11.5 Å². The number of rotatable bonds is 11. The third kappa shape index (κ3) is 5.78. The quantitative estimate of drug-likeness (QED) is 0.252. The molecule has 0 aliphatic heterocycles. The van der Waals surface area contributed by atoms with Crippen molar-refractivity contribution in [1.29, 1.82) is 0 Å². The average molecular weight is 434 g/mol. The summed E-state index contributed by atoms with van der Waals surface area (Å²) in [4.78, 5) is 12.8. The van der Waals surface area contributed by atoms with Crippen molar-refractivity contribution >= 4 is 23.1 Å². The predicted octanol–water partition coefficient (Wildman–Crippen LogP) is 6.20. The third-order valence-electron chi connectivity index (χ3n) is 5.90. The minimum Gasteiger partial charge on any atom is -0.480 e. The molecule has 0 fully saturated rings. The largest absolute Gasteiger partial charge is 0.480 e. The molecule has 1 aliphatic rings. The van der Waals surface area contributed by atoms with Crippen molar-refractivity contribution in [3.8, 4) is 11.1 Å². The van der Waals surface area contributed by atoms with Gasteiger partial charge < -0.3 is 5.11 Å². The van der Waals surface area contributed by atoms with E-state index in [4.69, 9.17) is 12.2 Å². The number of carboxylic acids is 1. The van der Waals surface area contributed by atoms with E-state index in [-0.39, 0.29) is 0 Å². The molecule has 0 saturated carbocycles. The molecule has 0 aromatic heterocycles. The zero-order chi connectivity index (χ0) is 22.1. The average Bonchev–Trinajstić information content (AvgIpc) is 2.81. The number of benzene rings is 2. The van der Waals surface area contributed by atoms with Crippen molar-refractivity contribution in [3.05, 3.63) is 84.5 Å². The van der Waals surface area contributed by atoms with E-state index in [2.05, 4.69) is 60.8 Å². The van der Waals surface area contributed by atoms with Gasteiger partial charge in [-0.3, -0.25) is 5.32 Å². The van der Waals surface area contributed by atoms with E-state index in [0.717, 1.165) is 36.1 Å². The number of thiocarbonyl (C=S) groups is 1. The van der Waals surface area contributed by atoms with Gasteiger partial charge in [-0.1, -0.05) is 104 Å². The van der Waals surface area contributed by atoms with Gasteiger partial charge in [0.1, 0.15) is 5.54 Å². The molecule has 0 spiro atoms. The molecular weight excluding hydrogens is 402 g/mol. The van der Waals surface area contributed by atoms with E-state index in [1.54, 1.807) is 12.2 Å². The van der Waals surface area contributed by atoms with Crippen LogP contribution >= 0.6 is 12.2 Å². The van der Waals surface area contributed by atoms with Gasteiger partial charge in [0, 0.05) is 4.86 Å². The molecule has 3 nitrogen and oxygen atoms in total. The van der Waals surface area contributed by atoms with Crippen LogP contribution in [0.2, 0.25) is 0 Å². The maximum Gasteiger partial charge on any atom is 0.328 e. The molecule has 0 radical (unpaired) electrons. The fourth-order valence-corrected chi connectivity index (χ4v) is 4.60. The highest BCUT2D eigenvalue weighted by molar-refractivity contribution is 7.80. The Balaban J connectivity index is 1.68. The zero-order valence-corrected chi connectivity index (χ0v) is 18.9. The third-order valence-corrected chi connectivity index (χ3v) is 6.46. The Bertz CT molecular complexity index is 951. The molecule has 31 heavy (non-hydrogen) atoms. The first-order valence-corrected chi connectivity index (χ1v) is 11.5. The number of allylic oxidation sites excluding steroid dienone is 2. The Labute approximate surface area is 190 Å². The molecule has 3 rings (SSSR count). The van der Waals surface area contributed by atoms with Crippen molar-refractivity contribution in [2.45, 2.75) is 44.6 Å². The number of carboxylic acid groups (broad SMARTS) is 1. The highest BCUT2D eigenvalue weighted by atomic mass is 32.1. The summed E-state index contributed by atoms with van der Waals surface area (Å²) in [6, 6.07) is 18.8. The van der Waals surface area contributed by atoms with Gasteiger partial charge in [0.15, 0.2) is 0 Å². The van der Waals surface area contributed by atoms with Gasteiger partial charge in [-0.15, -0.1) is 0 Å².